The van der Waals surface area contributed by atoms with Crippen molar-refractivity contribution in [1.82, 2.24) is 0 Å². The molecule has 1 aromatic rings. The summed E-state index contributed by atoms with van der Waals surface area (Å²) in [6.07, 6.45) is -3.35. The maximum atomic E-state index is 12.6. The fraction of sp³-hybridized carbons (Fsp3) is 0.438. The highest BCUT2D eigenvalue weighted by Gasteiger charge is 2.30. The van der Waals surface area contributed by atoms with Crippen LogP contribution in [0.4, 0.5) is 13.2 Å². The first-order valence-corrected chi connectivity index (χ1v) is 6.77. The van der Waals surface area contributed by atoms with Crippen LogP contribution >= 0.6 is 0 Å². The van der Waals surface area contributed by atoms with Crippen molar-refractivity contribution >= 4 is 5.97 Å². The number of hydrogen-bond donors (Lipinski definition) is 0. The summed E-state index contributed by atoms with van der Waals surface area (Å²) in [5.41, 5.74) is 0.286. The maximum Gasteiger partial charge on any atom is 0.416 e. The zero-order valence-corrected chi connectivity index (χ0v) is 12.2. The molecule has 21 heavy (non-hydrogen) atoms. The van der Waals surface area contributed by atoms with Gasteiger partial charge in [0.05, 0.1) is 12.2 Å². The molecule has 0 fully saturated rings. The summed E-state index contributed by atoms with van der Waals surface area (Å²) in [5.74, 6) is -0.590. The number of aryl methyl sites for hydroxylation is 1. The molecule has 0 saturated carbocycles. The molecule has 5 heteroatoms. The molecule has 1 rings (SSSR count). The van der Waals surface area contributed by atoms with Gasteiger partial charge in [-0.05, 0) is 37.3 Å². The second-order valence-corrected chi connectivity index (χ2v) is 4.88. The Labute approximate surface area is 122 Å². The highest BCUT2D eigenvalue weighted by Crippen LogP contribution is 2.30. The lowest BCUT2D eigenvalue weighted by atomic mass is 9.94. The number of rotatable bonds is 6. The molecule has 0 amide bonds. The van der Waals surface area contributed by atoms with Gasteiger partial charge in [0.15, 0.2) is 0 Å². The van der Waals surface area contributed by atoms with Gasteiger partial charge in [-0.15, -0.1) is 0 Å². The van der Waals surface area contributed by atoms with E-state index in [1.54, 1.807) is 13.0 Å². The average Bonchev–Trinajstić information content (AvgIpc) is 2.43. The van der Waals surface area contributed by atoms with Crippen LogP contribution < -0.4 is 0 Å². The van der Waals surface area contributed by atoms with E-state index in [9.17, 15) is 18.0 Å². The maximum absolute atomic E-state index is 12.6. The minimum absolute atomic E-state index is 0.140. The first kappa shape index (κ1) is 17.3. The van der Waals surface area contributed by atoms with Crippen LogP contribution in [0.15, 0.2) is 36.4 Å². The summed E-state index contributed by atoms with van der Waals surface area (Å²) in [5, 5.41) is 0. The molecule has 0 saturated heterocycles. The van der Waals surface area contributed by atoms with Crippen LogP contribution in [-0.4, -0.2) is 12.6 Å². The molecule has 1 atom stereocenters. The van der Waals surface area contributed by atoms with Gasteiger partial charge in [0.25, 0.3) is 0 Å². The zero-order chi connectivity index (χ0) is 16.0. The van der Waals surface area contributed by atoms with Gasteiger partial charge in [-0.25, -0.2) is 4.79 Å². The number of esters is 1. The molecular weight excluding hydrogens is 281 g/mol. The van der Waals surface area contributed by atoms with Gasteiger partial charge >= 0.3 is 12.1 Å². The van der Waals surface area contributed by atoms with Crippen molar-refractivity contribution in [3.8, 4) is 0 Å². The minimum Gasteiger partial charge on any atom is -0.463 e. The smallest absolute Gasteiger partial charge is 0.416 e. The monoisotopic (exact) mass is 300 g/mol. The van der Waals surface area contributed by atoms with E-state index in [1.165, 1.54) is 6.07 Å². The Hall–Kier alpha value is -1.78. The molecule has 1 aromatic carbocycles. The highest BCUT2D eigenvalue weighted by atomic mass is 19.4. The van der Waals surface area contributed by atoms with Crippen molar-refractivity contribution < 1.29 is 22.7 Å². The second-order valence-electron chi connectivity index (χ2n) is 4.88. The van der Waals surface area contributed by atoms with E-state index in [0.29, 0.717) is 24.0 Å². The van der Waals surface area contributed by atoms with Gasteiger partial charge in [0, 0.05) is 5.57 Å². The first-order chi connectivity index (χ1) is 9.75. The summed E-state index contributed by atoms with van der Waals surface area (Å²) in [6, 6.07) is 5.22. The average molecular weight is 300 g/mol. The number of benzene rings is 1. The number of halogens is 3. The predicted octanol–water partition coefficient (Wildman–Crippen LogP) is 4.39. The van der Waals surface area contributed by atoms with Gasteiger partial charge in [-0.1, -0.05) is 31.7 Å². The number of ether oxygens (including phenoxy) is 1. The molecule has 1 unspecified atom stereocenters. The Bertz CT molecular complexity index is 506. The summed E-state index contributed by atoms with van der Waals surface area (Å²) < 4.78 is 42.7. The fourth-order valence-electron chi connectivity index (χ4n) is 1.89. The van der Waals surface area contributed by atoms with Gasteiger partial charge in [0.2, 0.25) is 0 Å². The summed E-state index contributed by atoms with van der Waals surface area (Å²) in [4.78, 5) is 11.5. The third-order valence-corrected chi connectivity index (χ3v) is 3.25. The quantitative estimate of drug-likeness (QED) is 0.575. The third kappa shape index (κ3) is 5.25. The molecule has 116 valence electrons. The largest absolute Gasteiger partial charge is 0.463 e. The van der Waals surface area contributed by atoms with Crippen molar-refractivity contribution in [3.63, 3.8) is 0 Å². The number of carbonyl (C=O) groups excluding carboxylic acids is 1. The molecule has 0 N–H and O–H groups in total. The number of hydrogen-bond acceptors (Lipinski definition) is 2. The van der Waals surface area contributed by atoms with Crippen molar-refractivity contribution in [2.75, 3.05) is 6.61 Å². The summed E-state index contributed by atoms with van der Waals surface area (Å²) in [7, 11) is 0. The minimum atomic E-state index is -4.34. The van der Waals surface area contributed by atoms with Gasteiger partial charge in [-0.2, -0.15) is 13.2 Å². The van der Waals surface area contributed by atoms with Crippen LogP contribution in [0.3, 0.4) is 0 Å². The van der Waals surface area contributed by atoms with E-state index in [0.717, 1.165) is 12.1 Å². The lowest BCUT2D eigenvalue weighted by molar-refractivity contribution is -0.139. The standard InChI is InChI=1S/C16H19F3O2/c1-4-21-15(20)12(3)11(2)8-9-13-6-5-7-14(10-13)16(17,18)19/h5-7,10-11H,3-4,8-9H2,1-2H3. The van der Waals surface area contributed by atoms with Crippen LogP contribution in [0.2, 0.25) is 0 Å². The SMILES string of the molecule is C=C(C(=O)OCC)C(C)CCc1cccc(C(F)(F)F)c1. The predicted molar refractivity (Wildman–Crippen MR) is 74.7 cm³/mol. The molecular formula is C16H19F3O2. The third-order valence-electron chi connectivity index (χ3n) is 3.25. The van der Waals surface area contributed by atoms with Gasteiger partial charge in [0.1, 0.15) is 0 Å². The molecule has 2 nitrogen and oxygen atoms in total. The van der Waals surface area contributed by atoms with E-state index in [4.69, 9.17) is 4.74 Å². The molecule has 0 spiro atoms. The molecule has 0 radical (unpaired) electrons. The summed E-state index contributed by atoms with van der Waals surface area (Å²) in [6.45, 7) is 7.48. The fourth-order valence-corrected chi connectivity index (χ4v) is 1.89. The lowest BCUT2D eigenvalue weighted by Gasteiger charge is -2.14. The lowest BCUT2D eigenvalue weighted by Crippen LogP contribution is -2.13. The van der Waals surface area contributed by atoms with Crippen molar-refractivity contribution in [1.29, 1.82) is 0 Å². The van der Waals surface area contributed by atoms with Crippen LogP contribution in [0.25, 0.3) is 0 Å². The summed E-state index contributed by atoms with van der Waals surface area (Å²) >= 11 is 0. The molecule has 0 aliphatic carbocycles. The van der Waals surface area contributed by atoms with Crippen molar-refractivity contribution in [2.24, 2.45) is 5.92 Å². The van der Waals surface area contributed by atoms with Gasteiger partial charge < -0.3 is 4.74 Å². The van der Waals surface area contributed by atoms with Crippen molar-refractivity contribution in [2.45, 2.75) is 32.9 Å². The van der Waals surface area contributed by atoms with Crippen LogP contribution in [0.1, 0.15) is 31.4 Å². The van der Waals surface area contributed by atoms with E-state index in [-0.39, 0.29) is 12.5 Å². The molecule has 0 bridgehead atoms. The van der Waals surface area contributed by atoms with Crippen molar-refractivity contribution in [3.05, 3.63) is 47.5 Å². The van der Waals surface area contributed by atoms with Crippen LogP contribution in [0, 0.1) is 5.92 Å². The van der Waals surface area contributed by atoms with E-state index in [1.807, 2.05) is 6.92 Å². The number of alkyl halides is 3. The first-order valence-electron chi connectivity index (χ1n) is 6.77. The Balaban J connectivity index is 2.63. The van der Waals surface area contributed by atoms with E-state index in [2.05, 4.69) is 6.58 Å². The zero-order valence-electron chi connectivity index (χ0n) is 12.2. The van der Waals surface area contributed by atoms with E-state index < -0.39 is 17.7 Å². The van der Waals surface area contributed by atoms with Crippen LogP contribution in [0.5, 0.6) is 0 Å². The van der Waals surface area contributed by atoms with Crippen LogP contribution in [-0.2, 0) is 22.1 Å². The topological polar surface area (TPSA) is 26.3 Å². The highest BCUT2D eigenvalue weighted by molar-refractivity contribution is 5.88. The molecule has 0 aliphatic rings. The molecule has 0 heterocycles. The van der Waals surface area contributed by atoms with Gasteiger partial charge in [-0.3, -0.25) is 0 Å². The molecule has 0 aromatic heterocycles. The Kier molecular flexibility index (Phi) is 6.00. The Morgan fingerprint density at radius 2 is 2.05 bits per heavy atom. The van der Waals surface area contributed by atoms with E-state index >= 15 is 0 Å². The Morgan fingerprint density at radius 1 is 1.38 bits per heavy atom. The Morgan fingerprint density at radius 3 is 2.62 bits per heavy atom. The number of carbonyl (C=O) groups is 1. The molecule has 0 aliphatic heterocycles. The second kappa shape index (κ2) is 7.29. The normalized spacial score (nSPS) is 12.8.